The largest absolute Gasteiger partial charge is 0.465 e. The fraction of sp³-hybridized carbons (Fsp3) is 0.389. The van der Waals surface area contributed by atoms with E-state index in [2.05, 4.69) is 31.0 Å². The molecule has 0 spiro atoms. The highest BCUT2D eigenvalue weighted by atomic mass is 16.5. The number of hydrogen-bond acceptors (Lipinski definition) is 9. The summed E-state index contributed by atoms with van der Waals surface area (Å²) in [5.41, 5.74) is 2.49. The number of aromatic nitrogens is 1. The van der Waals surface area contributed by atoms with Crippen molar-refractivity contribution in [1.29, 1.82) is 0 Å². The number of nitrogens with one attached hydrogen (secondary N) is 5. The molecular weight excluding hydrogens is 660 g/mol. The van der Waals surface area contributed by atoms with Crippen LogP contribution in [0.5, 0.6) is 0 Å². The van der Waals surface area contributed by atoms with Crippen molar-refractivity contribution in [3.8, 4) is 11.3 Å². The van der Waals surface area contributed by atoms with E-state index >= 15 is 0 Å². The fourth-order valence-corrected chi connectivity index (χ4v) is 5.30. The number of aliphatic hydroxyl groups is 1. The molecule has 274 valence electrons. The maximum absolute atomic E-state index is 13.8. The molecule has 0 aliphatic rings. The Morgan fingerprint density at radius 1 is 0.725 bits per heavy atom. The third kappa shape index (κ3) is 12.9. The van der Waals surface area contributed by atoms with Crippen LogP contribution in [0.1, 0.15) is 38.3 Å². The lowest BCUT2D eigenvalue weighted by Crippen LogP contribution is -2.60. The number of carbonyl (C=O) groups excluding carboxylic acids is 4. The lowest BCUT2D eigenvalue weighted by atomic mass is 9.85. The quantitative estimate of drug-likeness (QED) is 0.115. The molecule has 0 bridgehead atoms. The van der Waals surface area contributed by atoms with Crippen molar-refractivity contribution in [2.24, 2.45) is 5.41 Å². The molecule has 3 aromatic rings. The molecule has 0 saturated heterocycles. The molecule has 0 aliphatic heterocycles. The van der Waals surface area contributed by atoms with Gasteiger partial charge in [0.25, 0.3) is 5.91 Å². The number of carbonyl (C=O) groups is 5. The van der Waals surface area contributed by atoms with Crippen molar-refractivity contribution in [3.05, 3.63) is 90.1 Å². The van der Waals surface area contributed by atoms with Gasteiger partial charge in [-0.2, -0.15) is 0 Å². The molecule has 1 aromatic heterocycles. The number of carboxylic acid groups (broad SMARTS) is 1. The second kappa shape index (κ2) is 18.9. The maximum atomic E-state index is 13.8. The lowest BCUT2D eigenvalue weighted by molar-refractivity contribution is -0.127. The average Bonchev–Trinajstić information content (AvgIpc) is 3.10. The van der Waals surface area contributed by atoms with Crippen LogP contribution < -0.4 is 26.6 Å². The van der Waals surface area contributed by atoms with Gasteiger partial charge in [-0.3, -0.25) is 25.2 Å². The molecule has 3 rings (SSSR count). The minimum absolute atomic E-state index is 0.0813. The van der Waals surface area contributed by atoms with Crippen LogP contribution in [0.15, 0.2) is 79.0 Å². The standard InChI is InChI=1S/C36H46N6O9/c1-36(2,3)29(40-34(48)50-4)31(44)38-25(19-23-14-16-24(17-15-23)26-13-9-10-18-37-26)21-28(43)27(20-22-11-7-6-8-12-22)39-32(45)30(41-33(46)47)42-35(49)51-5/h6-18,25,27-30,41,43H,19-21H2,1-5H3,(H,38,44)(H,39,45)(H,40,48)(H,42,49)(H,46,47)/t25-,27-,28-,29+,30?/m0/s1. The van der Waals surface area contributed by atoms with E-state index in [-0.39, 0.29) is 19.3 Å². The van der Waals surface area contributed by atoms with Crippen LogP contribution in [0.25, 0.3) is 11.3 Å². The van der Waals surface area contributed by atoms with Crippen LogP contribution in [-0.2, 0) is 31.9 Å². The molecule has 0 saturated carbocycles. The number of nitrogens with zero attached hydrogens (tertiary/aromatic N) is 1. The van der Waals surface area contributed by atoms with Crippen molar-refractivity contribution in [2.75, 3.05) is 14.2 Å². The molecule has 0 aliphatic carbocycles. The first-order valence-electron chi connectivity index (χ1n) is 16.2. The third-order valence-corrected chi connectivity index (χ3v) is 7.91. The fourth-order valence-electron chi connectivity index (χ4n) is 5.30. The van der Waals surface area contributed by atoms with E-state index in [9.17, 15) is 34.2 Å². The molecule has 1 heterocycles. The van der Waals surface area contributed by atoms with E-state index in [1.165, 1.54) is 7.11 Å². The molecule has 15 heteroatoms. The summed E-state index contributed by atoms with van der Waals surface area (Å²) < 4.78 is 9.27. The summed E-state index contributed by atoms with van der Waals surface area (Å²) in [5.74, 6) is -1.48. The third-order valence-electron chi connectivity index (χ3n) is 7.91. The molecule has 5 amide bonds. The Hall–Kier alpha value is -5.70. The predicted molar refractivity (Wildman–Crippen MR) is 187 cm³/mol. The molecular formula is C36H46N6O9. The van der Waals surface area contributed by atoms with Crippen molar-refractivity contribution >= 4 is 30.1 Å². The Bertz CT molecular complexity index is 1600. The minimum Gasteiger partial charge on any atom is -0.465 e. The number of benzene rings is 2. The molecule has 0 fully saturated rings. The SMILES string of the molecule is COC(=O)NC(NC(=O)O)C(=O)N[C@@H](Cc1ccccc1)[C@@H](O)C[C@H](Cc1ccc(-c2ccccn2)cc1)NC(=O)[C@@H](NC(=O)OC)C(C)(C)C. The van der Waals surface area contributed by atoms with Crippen LogP contribution in [0, 0.1) is 5.41 Å². The van der Waals surface area contributed by atoms with Gasteiger partial charge in [0, 0.05) is 17.8 Å². The zero-order chi connectivity index (χ0) is 37.6. The van der Waals surface area contributed by atoms with Crippen molar-refractivity contribution in [1.82, 2.24) is 31.6 Å². The summed E-state index contributed by atoms with van der Waals surface area (Å²) in [6, 6.07) is 19.3. The van der Waals surface area contributed by atoms with Crippen LogP contribution in [0.4, 0.5) is 14.4 Å². The summed E-state index contributed by atoms with van der Waals surface area (Å²) in [6.45, 7) is 5.34. The van der Waals surface area contributed by atoms with E-state index in [1.54, 1.807) is 57.3 Å². The van der Waals surface area contributed by atoms with Gasteiger partial charge in [-0.05, 0) is 47.9 Å². The normalized spacial score (nSPS) is 14.0. The van der Waals surface area contributed by atoms with E-state index in [0.717, 1.165) is 29.5 Å². The molecule has 0 radical (unpaired) electrons. The van der Waals surface area contributed by atoms with Crippen molar-refractivity contribution < 1.29 is 43.7 Å². The first-order valence-corrected chi connectivity index (χ1v) is 16.2. The highest BCUT2D eigenvalue weighted by molar-refractivity contribution is 5.88. The highest BCUT2D eigenvalue weighted by Gasteiger charge is 2.36. The summed E-state index contributed by atoms with van der Waals surface area (Å²) in [5, 5.41) is 33.3. The summed E-state index contributed by atoms with van der Waals surface area (Å²) in [4.78, 5) is 66.9. The summed E-state index contributed by atoms with van der Waals surface area (Å²) >= 11 is 0. The Balaban J connectivity index is 1.94. The number of alkyl carbamates (subject to hydrolysis) is 2. The van der Waals surface area contributed by atoms with Gasteiger partial charge in [-0.15, -0.1) is 0 Å². The number of rotatable bonds is 15. The Morgan fingerprint density at radius 3 is 1.90 bits per heavy atom. The second-order valence-electron chi connectivity index (χ2n) is 12.9. The monoisotopic (exact) mass is 706 g/mol. The van der Waals surface area contributed by atoms with Gasteiger partial charge in [0.2, 0.25) is 5.91 Å². The molecule has 2 aromatic carbocycles. The molecule has 5 atom stereocenters. The average molecular weight is 707 g/mol. The summed E-state index contributed by atoms with van der Waals surface area (Å²) in [7, 11) is 2.25. The smallest absolute Gasteiger partial charge is 0.408 e. The Kier molecular flexibility index (Phi) is 14.7. The topological polar surface area (TPSA) is 217 Å². The first-order chi connectivity index (χ1) is 24.2. The maximum Gasteiger partial charge on any atom is 0.408 e. The molecule has 7 N–H and O–H groups in total. The number of ether oxygens (including phenoxy) is 2. The van der Waals surface area contributed by atoms with Crippen molar-refractivity contribution in [2.45, 2.75) is 70.4 Å². The van der Waals surface area contributed by atoms with E-state index in [0.29, 0.717) is 0 Å². The summed E-state index contributed by atoms with van der Waals surface area (Å²) in [6.07, 6.45) is -4.51. The van der Waals surface area contributed by atoms with Gasteiger partial charge in [0.1, 0.15) is 6.04 Å². The number of aliphatic hydroxyl groups excluding tert-OH is 1. The van der Waals surface area contributed by atoms with Crippen molar-refractivity contribution in [3.63, 3.8) is 0 Å². The van der Waals surface area contributed by atoms with Gasteiger partial charge in [0.05, 0.1) is 32.1 Å². The van der Waals surface area contributed by atoms with Crippen LogP contribution in [-0.4, -0.2) is 89.9 Å². The van der Waals surface area contributed by atoms with Gasteiger partial charge in [-0.1, -0.05) is 81.4 Å². The highest BCUT2D eigenvalue weighted by Crippen LogP contribution is 2.22. The van der Waals surface area contributed by atoms with Crippen LogP contribution in [0.2, 0.25) is 0 Å². The minimum atomic E-state index is -1.74. The Labute approximate surface area is 296 Å². The molecule has 15 nitrogen and oxygen atoms in total. The van der Waals surface area contributed by atoms with Crippen LogP contribution in [0.3, 0.4) is 0 Å². The Morgan fingerprint density at radius 2 is 1.33 bits per heavy atom. The van der Waals surface area contributed by atoms with E-state index in [4.69, 9.17) is 4.74 Å². The second-order valence-corrected chi connectivity index (χ2v) is 12.9. The van der Waals surface area contributed by atoms with Crippen LogP contribution >= 0.6 is 0 Å². The predicted octanol–water partition coefficient (Wildman–Crippen LogP) is 2.97. The number of hydrogen-bond donors (Lipinski definition) is 7. The number of pyridine rings is 1. The first kappa shape index (κ1) is 39.7. The van der Waals surface area contributed by atoms with E-state index in [1.807, 2.05) is 47.8 Å². The van der Waals surface area contributed by atoms with Gasteiger partial charge < -0.3 is 35.6 Å². The number of amides is 5. The van der Waals surface area contributed by atoms with Gasteiger partial charge in [0.15, 0.2) is 6.17 Å². The van der Waals surface area contributed by atoms with E-state index < -0.39 is 65.9 Å². The zero-order valence-corrected chi connectivity index (χ0v) is 29.2. The zero-order valence-electron chi connectivity index (χ0n) is 29.2. The molecule has 1 unspecified atom stereocenters. The van der Waals surface area contributed by atoms with Gasteiger partial charge in [-0.25, -0.2) is 14.4 Å². The van der Waals surface area contributed by atoms with Gasteiger partial charge >= 0.3 is 18.3 Å². The molecule has 51 heavy (non-hydrogen) atoms. The number of methoxy groups -OCH3 is 2. The lowest BCUT2D eigenvalue weighted by Gasteiger charge is -2.33.